The van der Waals surface area contributed by atoms with Crippen LogP contribution in [-0.2, 0) is 9.84 Å². The smallest absolute Gasteiger partial charge is 0.319 e. The first-order valence-electron chi connectivity index (χ1n) is 7.53. The Bertz CT molecular complexity index is 920. The molecule has 0 aliphatic heterocycles. The number of halogens is 3. The molecule has 2 amide bonds. The van der Waals surface area contributed by atoms with Gasteiger partial charge < -0.3 is 10.6 Å². The molecule has 0 saturated heterocycles. The van der Waals surface area contributed by atoms with Crippen molar-refractivity contribution in [2.75, 3.05) is 11.6 Å². The number of hydrogen-bond donors (Lipinski definition) is 2. The minimum atomic E-state index is -3.81. The zero-order chi connectivity index (χ0) is 19.5. The Morgan fingerprint density at radius 3 is 2.35 bits per heavy atom. The summed E-state index contributed by atoms with van der Waals surface area (Å²) in [5.74, 6) is 0. The van der Waals surface area contributed by atoms with Crippen molar-refractivity contribution in [3.05, 3.63) is 58.6 Å². The van der Waals surface area contributed by atoms with E-state index in [2.05, 4.69) is 10.6 Å². The van der Waals surface area contributed by atoms with Crippen molar-refractivity contribution in [3.63, 3.8) is 0 Å². The Morgan fingerprint density at radius 2 is 1.77 bits per heavy atom. The standard InChI is InChI=1S/C17H17ClF2N2O3S/c1-10(12-5-3-4-6-14(12)18)21-17(23)22-11-7-8-15(26(2,24)25)13(9-11)16(19)20/h3-10,16H,1-2H3,(H2,21,22,23)/t10-/m1/s1. The van der Waals surface area contributed by atoms with Gasteiger partial charge >= 0.3 is 6.03 Å². The van der Waals surface area contributed by atoms with Crippen molar-refractivity contribution in [2.45, 2.75) is 24.3 Å². The molecule has 2 N–H and O–H groups in total. The van der Waals surface area contributed by atoms with Crippen LogP contribution in [0, 0.1) is 0 Å². The summed E-state index contributed by atoms with van der Waals surface area (Å²) in [6.07, 6.45) is -2.15. The molecule has 0 fully saturated rings. The molecule has 0 bridgehead atoms. The van der Waals surface area contributed by atoms with Gasteiger partial charge in [0.25, 0.3) is 6.43 Å². The van der Waals surface area contributed by atoms with Gasteiger partial charge in [0, 0.05) is 22.5 Å². The minimum absolute atomic E-state index is 0.0524. The van der Waals surface area contributed by atoms with Crippen LogP contribution in [0.4, 0.5) is 19.3 Å². The fourth-order valence-electron chi connectivity index (χ4n) is 2.40. The fourth-order valence-corrected chi connectivity index (χ4v) is 3.59. The highest BCUT2D eigenvalue weighted by atomic mass is 35.5. The highest BCUT2D eigenvalue weighted by molar-refractivity contribution is 7.90. The van der Waals surface area contributed by atoms with Crippen molar-refractivity contribution in [1.29, 1.82) is 0 Å². The van der Waals surface area contributed by atoms with E-state index >= 15 is 0 Å². The van der Waals surface area contributed by atoms with Gasteiger partial charge in [-0.3, -0.25) is 0 Å². The summed E-state index contributed by atoms with van der Waals surface area (Å²) in [7, 11) is -3.81. The molecule has 0 unspecified atom stereocenters. The maximum Gasteiger partial charge on any atom is 0.319 e. The largest absolute Gasteiger partial charge is 0.331 e. The zero-order valence-corrected chi connectivity index (χ0v) is 15.5. The van der Waals surface area contributed by atoms with Crippen LogP contribution in [0.5, 0.6) is 0 Å². The molecule has 0 aliphatic carbocycles. The van der Waals surface area contributed by atoms with E-state index in [4.69, 9.17) is 11.6 Å². The molecule has 2 aromatic carbocycles. The van der Waals surface area contributed by atoms with Crippen molar-refractivity contribution in [2.24, 2.45) is 0 Å². The summed E-state index contributed by atoms with van der Waals surface area (Å²) < 4.78 is 49.4. The number of anilines is 1. The molecular formula is C17H17ClF2N2O3S. The number of carbonyl (C=O) groups excluding carboxylic acids is 1. The van der Waals surface area contributed by atoms with Crippen LogP contribution in [0.1, 0.15) is 30.5 Å². The number of hydrogen-bond acceptors (Lipinski definition) is 3. The van der Waals surface area contributed by atoms with Crippen LogP contribution in [0.25, 0.3) is 0 Å². The van der Waals surface area contributed by atoms with Crippen LogP contribution in [0.15, 0.2) is 47.4 Å². The summed E-state index contributed by atoms with van der Waals surface area (Å²) in [5, 5.41) is 5.54. The average molecular weight is 403 g/mol. The van der Waals surface area contributed by atoms with Gasteiger partial charge in [0.1, 0.15) is 0 Å². The molecule has 0 saturated carbocycles. The Morgan fingerprint density at radius 1 is 1.12 bits per heavy atom. The van der Waals surface area contributed by atoms with Crippen LogP contribution < -0.4 is 10.6 Å². The molecule has 0 aliphatic rings. The molecule has 5 nitrogen and oxygen atoms in total. The monoisotopic (exact) mass is 402 g/mol. The van der Waals surface area contributed by atoms with Gasteiger partial charge in [-0.25, -0.2) is 22.0 Å². The number of nitrogens with one attached hydrogen (secondary N) is 2. The van der Waals surface area contributed by atoms with Gasteiger partial charge in [-0.05, 0) is 36.8 Å². The summed E-state index contributed by atoms with van der Waals surface area (Å²) in [4.78, 5) is 11.6. The van der Waals surface area contributed by atoms with E-state index in [0.717, 1.165) is 18.4 Å². The predicted octanol–water partition coefficient (Wildman–Crippen LogP) is 4.56. The molecule has 2 aromatic rings. The molecule has 2 rings (SSSR count). The molecule has 140 valence electrons. The number of urea groups is 1. The summed E-state index contributed by atoms with van der Waals surface area (Å²) >= 11 is 6.07. The highest BCUT2D eigenvalue weighted by Crippen LogP contribution is 2.29. The molecule has 0 radical (unpaired) electrons. The van der Waals surface area contributed by atoms with E-state index in [0.29, 0.717) is 10.6 Å². The van der Waals surface area contributed by atoms with Crippen LogP contribution in [0.2, 0.25) is 5.02 Å². The molecule has 0 heterocycles. The Labute approximate surface area is 155 Å². The first-order valence-corrected chi connectivity index (χ1v) is 9.80. The van der Waals surface area contributed by atoms with Gasteiger partial charge in [-0.2, -0.15) is 0 Å². The topological polar surface area (TPSA) is 75.3 Å². The van der Waals surface area contributed by atoms with Gasteiger partial charge in [0.15, 0.2) is 9.84 Å². The maximum atomic E-state index is 13.1. The third kappa shape index (κ3) is 4.92. The first-order chi connectivity index (χ1) is 12.1. The van der Waals surface area contributed by atoms with E-state index in [9.17, 15) is 22.0 Å². The molecule has 0 spiro atoms. The van der Waals surface area contributed by atoms with Gasteiger partial charge in [0.2, 0.25) is 0 Å². The Balaban J connectivity index is 2.17. The number of amides is 2. The fraction of sp³-hybridized carbons (Fsp3) is 0.235. The summed E-state index contributed by atoms with van der Waals surface area (Å²) in [6.45, 7) is 1.72. The van der Waals surface area contributed by atoms with E-state index in [1.54, 1.807) is 31.2 Å². The van der Waals surface area contributed by atoms with Crippen molar-refractivity contribution in [1.82, 2.24) is 5.32 Å². The summed E-state index contributed by atoms with van der Waals surface area (Å²) in [5.41, 5.74) is 0.0889. The first kappa shape index (κ1) is 20.1. The van der Waals surface area contributed by atoms with Gasteiger partial charge in [-0.1, -0.05) is 29.8 Å². The number of sulfone groups is 1. The lowest BCUT2D eigenvalue weighted by atomic mass is 10.1. The van der Waals surface area contributed by atoms with E-state index in [1.165, 1.54) is 6.07 Å². The lowest BCUT2D eigenvalue weighted by Crippen LogP contribution is -2.31. The van der Waals surface area contributed by atoms with Gasteiger partial charge in [0.05, 0.1) is 10.9 Å². The minimum Gasteiger partial charge on any atom is -0.331 e. The second-order valence-corrected chi connectivity index (χ2v) is 8.06. The number of benzene rings is 2. The molecule has 9 heteroatoms. The molecule has 1 atom stereocenters. The van der Waals surface area contributed by atoms with Crippen LogP contribution in [0.3, 0.4) is 0 Å². The number of rotatable bonds is 5. The SMILES string of the molecule is C[C@@H](NC(=O)Nc1ccc(S(C)(=O)=O)c(C(F)F)c1)c1ccccc1Cl. The molecule has 0 aromatic heterocycles. The van der Waals surface area contributed by atoms with Crippen LogP contribution >= 0.6 is 11.6 Å². The lowest BCUT2D eigenvalue weighted by Gasteiger charge is -2.17. The highest BCUT2D eigenvalue weighted by Gasteiger charge is 2.21. The predicted molar refractivity (Wildman–Crippen MR) is 96.5 cm³/mol. The van der Waals surface area contributed by atoms with Gasteiger partial charge in [-0.15, -0.1) is 0 Å². The second kappa shape index (κ2) is 8.01. The molecular weight excluding hydrogens is 386 g/mol. The summed E-state index contributed by atoms with van der Waals surface area (Å²) in [6, 6.07) is 9.16. The third-order valence-electron chi connectivity index (χ3n) is 3.62. The zero-order valence-electron chi connectivity index (χ0n) is 14.0. The molecule has 26 heavy (non-hydrogen) atoms. The van der Waals surface area contributed by atoms with Crippen molar-refractivity contribution in [3.8, 4) is 0 Å². The number of alkyl halides is 2. The average Bonchev–Trinajstić information content (AvgIpc) is 2.53. The third-order valence-corrected chi connectivity index (χ3v) is 5.14. The quantitative estimate of drug-likeness (QED) is 0.769. The van der Waals surface area contributed by atoms with Crippen LogP contribution in [-0.4, -0.2) is 20.7 Å². The van der Waals surface area contributed by atoms with Crippen molar-refractivity contribution >= 4 is 33.2 Å². The van der Waals surface area contributed by atoms with E-state index < -0.39 is 38.8 Å². The van der Waals surface area contributed by atoms with Crippen molar-refractivity contribution < 1.29 is 22.0 Å². The normalized spacial score (nSPS) is 12.7. The second-order valence-electron chi connectivity index (χ2n) is 5.67. The Hall–Kier alpha value is -2.19. The lowest BCUT2D eigenvalue weighted by molar-refractivity contribution is 0.148. The Kier molecular flexibility index (Phi) is 6.20. The number of carbonyl (C=O) groups is 1. The maximum absolute atomic E-state index is 13.1. The van der Waals surface area contributed by atoms with E-state index in [1.807, 2.05) is 0 Å². The van der Waals surface area contributed by atoms with E-state index in [-0.39, 0.29) is 5.69 Å².